The van der Waals surface area contributed by atoms with Gasteiger partial charge in [0.25, 0.3) is 0 Å². The van der Waals surface area contributed by atoms with Gasteiger partial charge in [-0.25, -0.2) is 43.9 Å². The first-order chi connectivity index (χ1) is 32.6. The topological polar surface area (TPSA) is 9.86 Å². The van der Waals surface area contributed by atoms with Crippen molar-refractivity contribution >= 4 is 0 Å². The van der Waals surface area contributed by atoms with E-state index >= 15 is 0 Å². The van der Waals surface area contributed by atoms with Gasteiger partial charge in [-0.2, -0.15) is 0 Å². The fourth-order valence-electron chi connectivity index (χ4n) is 6.79. The third kappa shape index (κ3) is 28.1. The minimum Gasteiger partial charge on any atom is -0.375 e. The maximum atomic E-state index is 13.1. The molecule has 404 valence electrons. The second-order valence-corrected chi connectivity index (χ2v) is 15.7. The van der Waals surface area contributed by atoms with Crippen molar-refractivity contribution in [1.82, 2.24) is 9.13 Å². The van der Waals surface area contributed by atoms with E-state index in [1.807, 2.05) is 12.1 Å². The normalized spacial score (nSPS) is 13.2. The van der Waals surface area contributed by atoms with E-state index in [2.05, 4.69) is 0 Å². The summed E-state index contributed by atoms with van der Waals surface area (Å²) in [5.41, 5.74) is 0.595. The van der Waals surface area contributed by atoms with E-state index in [0.717, 1.165) is 12.1 Å². The summed E-state index contributed by atoms with van der Waals surface area (Å²) in [6, 6.07) is 18.2. The van der Waals surface area contributed by atoms with Crippen LogP contribution in [0.3, 0.4) is 0 Å². The van der Waals surface area contributed by atoms with Crippen LogP contribution in [0.1, 0.15) is 128 Å². The number of hydrogen-bond acceptors (Lipinski definition) is 0. The Kier molecular flexibility index (Phi) is 44.4. The van der Waals surface area contributed by atoms with E-state index in [4.69, 9.17) is 0 Å². The van der Waals surface area contributed by atoms with Crippen molar-refractivity contribution in [2.75, 3.05) is 0 Å². The molecule has 0 saturated heterocycles. The monoisotopic (exact) mass is 1130 g/mol. The summed E-state index contributed by atoms with van der Waals surface area (Å²) in [7, 11) is 0. The summed E-state index contributed by atoms with van der Waals surface area (Å²) in [5.74, 6) is -22.8. The van der Waals surface area contributed by atoms with Crippen LogP contribution in [0.25, 0.3) is 11.4 Å². The average molecular weight is 1130 g/mol. The molecular weight excluding hydrogens is 1060 g/mol. The molecule has 4 aliphatic rings. The maximum absolute atomic E-state index is 13.1. The van der Waals surface area contributed by atoms with Crippen LogP contribution < -0.4 is 0 Å². The van der Waals surface area contributed by atoms with Crippen LogP contribution >= 0.6 is 0 Å². The van der Waals surface area contributed by atoms with E-state index in [-0.39, 0.29) is 73.1 Å². The molecule has 0 bridgehead atoms. The predicted octanol–water partition coefficient (Wildman–Crippen LogP) is 19.1. The van der Waals surface area contributed by atoms with Crippen molar-refractivity contribution in [3.05, 3.63) is 209 Å². The molecule has 18 heteroatoms. The van der Waals surface area contributed by atoms with E-state index in [1.54, 1.807) is 58.2 Å². The Labute approximate surface area is 460 Å². The van der Waals surface area contributed by atoms with E-state index in [1.165, 1.54) is 153 Å². The zero-order valence-corrected chi connectivity index (χ0v) is 45.4. The number of halogens is 14. The molecule has 2 heterocycles. The zero-order chi connectivity index (χ0) is 49.8. The maximum Gasteiger partial charge on any atom is 4.00 e. The second kappa shape index (κ2) is 43.0. The van der Waals surface area contributed by atoms with Crippen LogP contribution in [0, 0.1) is 135 Å². The van der Waals surface area contributed by atoms with E-state index in [9.17, 15) is 61.5 Å². The summed E-state index contributed by atoms with van der Waals surface area (Å²) in [6.45, 7) is 0. The van der Waals surface area contributed by atoms with Crippen LogP contribution in [0.15, 0.2) is 73.3 Å². The molecule has 0 unspecified atom stereocenters. The van der Waals surface area contributed by atoms with Gasteiger partial charge in [-0.15, -0.1) is 48.5 Å². The molecule has 10 rings (SSSR count). The summed E-state index contributed by atoms with van der Waals surface area (Å²) >= 11 is 0. The van der Waals surface area contributed by atoms with Crippen LogP contribution in [-0.2, 0) is 43.4 Å². The van der Waals surface area contributed by atoms with Gasteiger partial charge in [-0.3, -0.25) is 17.6 Å². The average Bonchev–Trinajstić information content (AvgIpc) is 4.17. The summed E-state index contributed by atoms with van der Waals surface area (Å²) in [6.07, 6.45) is 36.7. The summed E-state index contributed by atoms with van der Waals surface area (Å²) in [5, 5.41) is 0. The number of rotatable bonds is 2. The molecule has 0 spiro atoms. The number of hydrogen-bond donors (Lipinski definition) is 0. The Balaban J connectivity index is -0.000000384. The predicted molar refractivity (Wildman–Crippen MR) is 257 cm³/mol. The van der Waals surface area contributed by atoms with Crippen molar-refractivity contribution in [3.63, 3.8) is 0 Å². The number of benzene rings is 4. The minimum atomic E-state index is -2.17. The molecule has 0 radical (unpaired) electrons. The SMILES string of the molecule is C1CCCC1.C1CCCC1.C1CCCC1.C1CCCC1.Fc1[c-]c(F)c(-n2cccc2)cc1.Fc1[c-]c(F)c(-n2cccc2)cc1.Fc1[c-]c(F)c(F)c(F)c1F.Fc1[c-]c(F)c(F)c(F)c1F.[CH3-].[CH3-].[CH3-].[CH3-].[Ti+4].[Ti+4]. The molecule has 0 atom stereocenters. The Hall–Kier alpha value is -4.11. The Morgan fingerprint density at radius 1 is 0.257 bits per heavy atom. The van der Waals surface area contributed by atoms with Gasteiger partial charge in [0.1, 0.15) is 0 Å². The van der Waals surface area contributed by atoms with Crippen LogP contribution in [0.5, 0.6) is 0 Å². The second-order valence-electron chi connectivity index (χ2n) is 15.7. The van der Waals surface area contributed by atoms with Gasteiger partial charge in [0.05, 0.1) is 58.2 Å². The molecule has 0 aliphatic heterocycles. The van der Waals surface area contributed by atoms with Crippen molar-refractivity contribution in [2.45, 2.75) is 128 Å². The molecule has 2 nitrogen and oxygen atoms in total. The van der Waals surface area contributed by atoms with Crippen LogP contribution in [-0.4, -0.2) is 9.13 Å². The molecule has 4 fully saturated rings. The van der Waals surface area contributed by atoms with E-state index in [0.29, 0.717) is 11.4 Å². The van der Waals surface area contributed by atoms with Gasteiger partial charge in [0.15, 0.2) is 0 Å². The zero-order valence-electron chi connectivity index (χ0n) is 42.3. The molecule has 4 aliphatic carbocycles. The van der Waals surface area contributed by atoms with Crippen LogP contribution in [0.2, 0.25) is 0 Å². The number of nitrogens with zero attached hydrogens (tertiary/aromatic N) is 2. The Morgan fingerprint density at radius 2 is 0.446 bits per heavy atom. The smallest absolute Gasteiger partial charge is 0.375 e. The molecule has 4 saturated carbocycles. The number of aromatic nitrogens is 2. The first kappa shape index (κ1) is 76.4. The van der Waals surface area contributed by atoms with Crippen LogP contribution in [0.4, 0.5) is 61.5 Å². The van der Waals surface area contributed by atoms with Gasteiger partial charge in [-0.1, -0.05) is 128 Å². The van der Waals surface area contributed by atoms with Crippen molar-refractivity contribution in [2.24, 2.45) is 0 Å². The van der Waals surface area contributed by atoms with Gasteiger partial charge in [0.2, 0.25) is 0 Å². The van der Waals surface area contributed by atoms with Gasteiger partial charge < -0.3 is 38.8 Å². The first-order valence-electron chi connectivity index (χ1n) is 22.4. The Bertz CT molecular complexity index is 2060. The third-order valence-electron chi connectivity index (χ3n) is 10.4. The molecule has 0 N–H and O–H groups in total. The molecule has 6 aromatic rings. The van der Waals surface area contributed by atoms with Crippen molar-refractivity contribution in [3.8, 4) is 11.4 Å². The molecule has 4 aromatic carbocycles. The largest absolute Gasteiger partial charge is 4.00 e. The van der Waals surface area contributed by atoms with Gasteiger partial charge in [-0.05, 0) is 60.4 Å². The van der Waals surface area contributed by atoms with Gasteiger partial charge >= 0.3 is 43.4 Å². The van der Waals surface area contributed by atoms with Gasteiger partial charge in [0, 0.05) is 23.3 Å². The molecule has 2 aromatic heterocycles. The summed E-state index contributed by atoms with van der Waals surface area (Å²) < 4.78 is 174. The standard InChI is InChI=1S/2C10H6F2N.2C6F5.4C5H10.4CH3.2Ti/c2*11-8-3-4-10(9(12)7-8)13-5-1-2-6-13;2*7-2-1-3(8)5(10)6(11)4(2)9;4*1-2-4-5-3-1;;;;;;/h2*1-6H;;;4*1-5H2;4*1H3;;/q4*-1;;;;;4*-1;2*+4. The molecular formula is C56H64F14N2Ti2. The summed E-state index contributed by atoms with van der Waals surface area (Å²) in [4.78, 5) is 0. The molecule has 74 heavy (non-hydrogen) atoms. The fourth-order valence-corrected chi connectivity index (χ4v) is 6.79. The van der Waals surface area contributed by atoms with E-state index < -0.39 is 81.4 Å². The first-order valence-corrected chi connectivity index (χ1v) is 22.4. The third-order valence-corrected chi connectivity index (χ3v) is 10.4. The minimum absolute atomic E-state index is 0. The van der Waals surface area contributed by atoms with Crippen molar-refractivity contribution in [1.29, 1.82) is 0 Å². The fraction of sp³-hybridized carbons (Fsp3) is 0.357. The Morgan fingerprint density at radius 3 is 0.622 bits per heavy atom. The van der Waals surface area contributed by atoms with Crippen molar-refractivity contribution < 1.29 is 105 Å². The molecule has 0 amide bonds. The quantitative estimate of drug-likeness (QED) is 0.0538.